The van der Waals surface area contributed by atoms with E-state index in [1.807, 2.05) is 6.07 Å². The molecular weight excluding hydrogens is 190 g/mol. The van der Waals surface area contributed by atoms with E-state index < -0.39 is 0 Å². The number of aromatic nitrogens is 2. The Bertz CT molecular complexity index is 582. The van der Waals surface area contributed by atoms with Gasteiger partial charge in [-0.15, -0.1) is 0 Å². The Hall–Kier alpha value is -2.35. The van der Waals surface area contributed by atoms with E-state index in [0.717, 1.165) is 10.9 Å². The number of nitrogens with two attached hydrogens (primary N) is 2. The maximum atomic E-state index is 8.82. The van der Waals surface area contributed by atoms with Crippen molar-refractivity contribution >= 4 is 22.4 Å². The summed E-state index contributed by atoms with van der Waals surface area (Å²) in [5, 5.41) is 9.57. The largest absolute Gasteiger partial charge is 0.398 e. The minimum Gasteiger partial charge on any atom is -0.398 e. The lowest BCUT2D eigenvalue weighted by Crippen LogP contribution is -1.99. The molecule has 5 heteroatoms. The number of fused-ring (bicyclic) bond motifs is 1. The number of nitrogens with zero attached hydrogens (tertiary/aromatic N) is 3. The number of nitrogen functional groups attached to an aromatic ring is 2. The Balaban J connectivity index is 2.94. The molecule has 0 saturated heterocycles. The van der Waals surface area contributed by atoms with Gasteiger partial charge in [0.1, 0.15) is 17.6 Å². The van der Waals surface area contributed by atoms with Crippen LogP contribution in [0.2, 0.25) is 0 Å². The molecule has 0 aliphatic rings. The second kappa shape index (κ2) is 3.10. The summed E-state index contributed by atoms with van der Waals surface area (Å²) >= 11 is 0. The number of hydrogen-bond acceptors (Lipinski definition) is 5. The van der Waals surface area contributed by atoms with E-state index in [-0.39, 0.29) is 0 Å². The van der Waals surface area contributed by atoms with Gasteiger partial charge in [-0.3, -0.25) is 0 Å². The lowest BCUT2D eigenvalue weighted by molar-refractivity contribution is 1.22. The third kappa shape index (κ3) is 1.32. The molecule has 0 radical (unpaired) electrons. The molecule has 5 nitrogen and oxygen atoms in total. The highest BCUT2D eigenvalue weighted by molar-refractivity contribution is 5.94. The molecule has 74 valence electrons. The predicted molar refractivity (Wildman–Crippen MR) is 57.8 cm³/mol. The summed E-state index contributed by atoms with van der Waals surface area (Å²) in [4.78, 5) is 8.07. The lowest BCUT2D eigenvalue weighted by Gasteiger charge is -2.06. The van der Waals surface area contributed by atoms with Gasteiger partial charge in [0, 0.05) is 17.1 Å². The molecule has 0 aliphatic carbocycles. The van der Waals surface area contributed by atoms with Crippen LogP contribution in [0.3, 0.4) is 0 Å². The number of anilines is 2. The van der Waals surface area contributed by atoms with Crippen molar-refractivity contribution in [3.8, 4) is 6.07 Å². The standard InChI is InChI=1S/C10H9N5/c1-5-7(3-11)14-4-8-10(5)6(12)2-9(13)15-8/h2,4H,1H3,(H4,12,13,15). The van der Waals surface area contributed by atoms with E-state index in [1.165, 1.54) is 6.20 Å². The number of pyridine rings is 2. The van der Waals surface area contributed by atoms with Crippen molar-refractivity contribution < 1.29 is 0 Å². The third-order valence-corrected chi connectivity index (χ3v) is 2.25. The highest BCUT2D eigenvalue weighted by Crippen LogP contribution is 2.25. The number of nitriles is 1. The topological polar surface area (TPSA) is 102 Å². The normalized spacial score (nSPS) is 10.1. The van der Waals surface area contributed by atoms with Crippen molar-refractivity contribution in [2.75, 3.05) is 11.5 Å². The Kier molecular flexibility index (Phi) is 1.90. The zero-order valence-corrected chi connectivity index (χ0v) is 8.15. The van der Waals surface area contributed by atoms with Crippen LogP contribution in [0.25, 0.3) is 10.9 Å². The smallest absolute Gasteiger partial charge is 0.144 e. The second-order valence-corrected chi connectivity index (χ2v) is 3.24. The van der Waals surface area contributed by atoms with Crippen LogP contribution in [0.5, 0.6) is 0 Å². The van der Waals surface area contributed by atoms with E-state index in [4.69, 9.17) is 16.7 Å². The molecule has 2 aromatic rings. The van der Waals surface area contributed by atoms with Gasteiger partial charge in [-0.1, -0.05) is 0 Å². The maximum Gasteiger partial charge on any atom is 0.144 e. The Morgan fingerprint density at radius 2 is 2.13 bits per heavy atom. The van der Waals surface area contributed by atoms with Crippen LogP contribution in [-0.2, 0) is 0 Å². The minimum absolute atomic E-state index is 0.353. The quantitative estimate of drug-likeness (QED) is 0.658. The Morgan fingerprint density at radius 1 is 1.40 bits per heavy atom. The van der Waals surface area contributed by atoms with Crippen molar-refractivity contribution in [1.29, 1.82) is 5.26 Å². The minimum atomic E-state index is 0.353. The number of hydrogen-bond donors (Lipinski definition) is 2. The van der Waals surface area contributed by atoms with Crippen molar-refractivity contribution in [1.82, 2.24) is 9.97 Å². The van der Waals surface area contributed by atoms with E-state index in [9.17, 15) is 0 Å². The van der Waals surface area contributed by atoms with Crippen LogP contribution in [0.4, 0.5) is 11.5 Å². The van der Waals surface area contributed by atoms with Crippen LogP contribution in [0.1, 0.15) is 11.3 Å². The molecule has 2 rings (SSSR count). The summed E-state index contributed by atoms with van der Waals surface area (Å²) < 4.78 is 0. The number of rotatable bonds is 0. The van der Waals surface area contributed by atoms with E-state index >= 15 is 0 Å². The zero-order valence-electron chi connectivity index (χ0n) is 8.15. The molecule has 15 heavy (non-hydrogen) atoms. The van der Waals surface area contributed by atoms with Gasteiger partial charge in [0.2, 0.25) is 0 Å². The molecule has 0 unspecified atom stereocenters. The molecule has 0 aromatic carbocycles. The summed E-state index contributed by atoms with van der Waals surface area (Å²) in [6.45, 7) is 1.79. The van der Waals surface area contributed by atoms with Crippen LogP contribution in [0.15, 0.2) is 12.3 Å². The number of aryl methyl sites for hydroxylation is 1. The fourth-order valence-electron chi connectivity index (χ4n) is 1.56. The van der Waals surface area contributed by atoms with Crippen LogP contribution < -0.4 is 11.5 Å². The van der Waals surface area contributed by atoms with Gasteiger partial charge in [0.05, 0.1) is 11.7 Å². The first-order chi connectivity index (χ1) is 7.13. The zero-order chi connectivity index (χ0) is 11.0. The molecule has 0 spiro atoms. The second-order valence-electron chi connectivity index (χ2n) is 3.24. The molecule has 0 aliphatic heterocycles. The Labute approximate surface area is 86.4 Å². The third-order valence-electron chi connectivity index (χ3n) is 2.25. The first-order valence-electron chi connectivity index (χ1n) is 4.35. The Morgan fingerprint density at radius 3 is 2.80 bits per heavy atom. The molecule has 0 saturated carbocycles. The first-order valence-corrected chi connectivity index (χ1v) is 4.35. The van der Waals surface area contributed by atoms with Crippen molar-refractivity contribution in [2.45, 2.75) is 6.92 Å². The van der Waals surface area contributed by atoms with Crippen LogP contribution in [-0.4, -0.2) is 9.97 Å². The monoisotopic (exact) mass is 199 g/mol. The van der Waals surface area contributed by atoms with Gasteiger partial charge in [-0.25, -0.2) is 9.97 Å². The van der Waals surface area contributed by atoms with E-state index in [0.29, 0.717) is 22.7 Å². The van der Waals surface area contributed by atoms with Crippen LogP contribution in [0, 0.1) is 18.3 Å². The molecular formula is C10H9N5. The van der Waals surface area contributed by atoms with Gasteiger partial charge < -0.3 is 11.5 Å². The molecule has 0 atom stereocenters. The fourth-order valence-corrected chi connectivity index (χ4v) is 1.56. The van der Waals surface area contributed by atoms with Crippen LogP contribution >= 0.6 is 0 Å². The van der Waals surface area contributed by atoms with Gasteiger partial charge in [0.25, 0.3) is 0 Å². The molecule has 2 aromatic heterocycles. The molecule has 0 amide bonds. The average Bonchev–Trinajstić information content (AvgIpc) is 2.17. The van der Waals surface area contributed by atoms with E-state index in [2.05, 4.69) is 9.97 Å². The summed E-state index contributed by atoms with van der Waals surface area (Å²) in [6, 6.07) is 3.58. The summed E-state index contributed by atoms with van der Waals surface area (Å²) in [5.74, 6) is 0.353. The molecule has 2 heterocycles. The van der Waals surface area contributed by atoms with Gasteiger partial charge in [-0.2, -0.15) is 5.26 Å². The van der Waals surface area contributed by atoms with Gasteiger partial charge >= 0.3 is 0 Å². The summed E-state index contributed by atoms with van der Waals surface area (Å²) in [6.07, 6.45) is 1.51. The SMILES string of the molecule is Cc1c(C#N)ncc2nc(N)cc(N)c12. The lowest BCUT2D eigenvalue weighted by atomic mass is 10.1. The van der Waals surface area contributed by atoms with Crippen molar-refractivity contribution in [3.63, 3.8) is 0 Å². The van der Waals surface area contributed by atoms with Gasteiger partial charge in [-0.05, 0) is 12.5 Å². The highest BCUT2D eigenvalue weighted by atomic mass is 14.9. The fraction of sp³-hybridized carbons (Fsp3) is 0.100. The predicted octanol–water partition coefficient (Wildman–Crippen LogP) is 0.974. The van der Waals surface area contributed by atoms with E-state index in [1.54, 1.807) is 13.0 Å². The summed E-state index contributed by atoms with van der Waals surface area (Å²) in [7, 11) is 0. The molecule has 0 bridgehead atoms. The highest BCUT2D eigenvalue weighted by Gasteiger charge is 2.09. The van der Waals surface area contributed by atoms with Crippen molar-refractivity contribution in [3.05, 3.63) is 23.5 Å². The average molecular weight is 199 g/mol. The molecule has 0 fully saturated rings. The van der Waals surface area contributed by atoms with Crippen molar-refractivity contribution in [2.24, 2.45) is 0 Å². The van der Waals surface area contributed by atoms with Gasteiger partial charge in [0.15, 0.2) is 0 Å². The maximum absolute atomic E-state index is 8.82. The first kappa shape index (κ1) is 9.21. The molecule has 4 N–H and O–H groups in total. The summed E-state index contributed by atoms with van der Waals surface area (Å²) in [5.41, 5.74) is 13.6.